The predicted molar refractivity (Wildman–Crippen MR) is 81.5 cm³/mol. The summed E-state index contributed by atoms with van der Waals surface area (Å²) in [6.07, 6.45) is 0. The van der Waals surface area contributed by atoms with Gasteiger partial charge < -0.3 is 9.47 Å². The molecule has 2 rings (SSSR count). The summed E-state index contributed by atoms with van der Waals surface area (Å²) in [6, 6.07) is 8.70. The van der Waals surface area contributed by atoms with Crippen molar-refractivity contribution < 1.29 is 17.9 Å². The fourth-order valence-electron chi connectivity index (χ4n) is 1.80. The van der Waals surface area contributed by atoms with Crippen LogP contribution in [0.3, 0.4) is 0 Å². The van der Waals surface area contributed by atoms with Gasteiger partial charge in [-0.25, -0.2) is 8.42 Å². The molecule has 0 heterocycles. The van der Waals surface area contributed by atoms with Crippen molar-refractivity contribution in [1.29, 1.82) is 0 Å². The predicted octanol–water partition coefficient (Wildman–Crippen LogP) is 3.84. The van der Waals surface area contributed by atoms with Crippen molar-refractivity contribution in [2.24, 2.45) is 0 Å². The van der Waals surface area contributed by atoms with Crippen molar-refractivity contribution >= 4 is 33.0 Å². The summed E-state index contributed by atoms with van der Waals surface area (Å²) in [7, 11) is -0.940. The standard InChI is InChI=1S/C14H12Cl2O4S/c1-19-12-7-11(16)14(8-13(12)20-2)21(17,18)10-5-3-4-9(15)6-10/h3-8H,1-2H3. The Bertz CT molecular complexity index is 773. The monoisotopic (exact) mass is 346 g/mol. The van der Waals surface area contributed by atoms with Gasteiger partial charge in [0.15, 0.2) is 11.5 Å². The van der Waals surface area contributed by atoms with Gasteiger partial charge in [0.1, 0.15) is 0 Å². The zero-order chi connectivity index (χ0) is 15.6. The lowest BCUT2D eigenvalue weighted by Gasteiger charge is -2.12. The van der Waals surface area contributed by atoms with Gasteiger partial charge in [-0.05, 0) is 18.2 Å². The zero-order valence-electron chi connectivity index (χ0n) is 11.3. The molecule has 21 heavy (non-hydrogen) atoms. The van der Waals surface area contributed by atoms with Crippen LogP contribution in [0.25, 0.3) is 0 Å². The molecule has 7 heteroatoms. The third-order valence-corrected chi connectivity index (χ3v) is 5.29. The normalized spacial score (nSPS) is 11.2. The molecule has 0 radical (unpaired) electrons. The van der Waals surface area contributed by atoms with Crippen molar-refractivity contribution in [1.82, 2.24) is 0 Å². The molecule has 0 fully saturated rings. The minimum absolute atomic E-state index is 0.0487. The van der Waals surface area contributed by atoms with Crippen LogP contribution in [-0.2, 0) is 9.84 Å². The van der Waals surface area contributed by atoms with Crippen LogP contribution in [0.4, 0.5) is 0 Å². The zero-order valence-corrected chi connectivity index (χ0v) is 13.6. The minimum atomic E-state index is -3.80. The number of halogens is 2. The highest BCUT2D eigenvalue weighted by Crippen LogP contribution is 2.37. The molecule has 0 N–H and O–H groups in total. The van der Waals surface area contributed by atoms with Crippen LogP contribution in [0.5, 0.6) is 11.5 Å². The summed E-state index contributed by atoms with van der Waals surface area (Å²) < 4.78 is 35.5. The lowest BCUT2D eigenvalue weighted by Crippen LogP contribution is -2.04. The molecule has 0 amide bonds. The van der Waals surface area contributed by atoms with Crippen LogP contribution in [0.2, 0.25) is 10.0 Å². The van der Waals surface area contributed by atoms with Gasteiger partial charge in [-0.15, -0.1) is 0 Å². The van der Waals surface area contributed by atoms with Crippen LogP contribution in [0.1, 0.15) is 0 Å². The lowest BCUT2D eigenvalue weighted by molar-refractivity contribution is 0.354. The Hall–Kier alpha value is -1.43. The smallest absolute Gasteiger partial charge is 0.208 e. The van der Waals surface area contributed by atoms with E-state index in [4.69, 9.17) is 32.7 Å². The second kappa shape index (κ2) is 6.13. The Balaban J connectivity index is 2.65. The van der Waals surface area contributed by atoms with E-state index in [1.807, 2.05) is 0 Å². The maximum absolute atomic E-state index is 12.6. The molecule has 4 nitrogen and oxygen atoms in total. The maximum atomic E-state index is 12.6. The molecule has 0 atom stereocenters. The average Bonchev–Trinajstić information content (AvgIpc) is 2.46. The molecule has 0 aromatic heterocycles. The average molecular weight is 347 g/mol. The summed E-state index contributed by atoms with van der Waals surface area (Å²) in [5.74, 6) is 0.634. The highest BCUT2D eigenvalue weighted by Gasteiger charge is 2.23. The van der Waals surface area contributed by atoms with Gasteiger partial charge in [0.2, 0.25) is 9.84 Å². The van der Waals surface area contributed by atoms with Crippen LogP contribution < -0.4 is 9.47 Å². The molecule has 0 unspecified atom stereocenters. The number of ether oxygens (including phenoxy) is 2. The van der Waals surface area contributed by atoms with Crippen molar-refractivity contribution in [3.63, 3.8) is 0 Å². The van der Waals surface area contributed by atoms with E-state index in [0.29, 0.717) is 10.8 Å². The van der Waals surface area contributed by atoms with E-state index in [1.165, 1.54) is 38.5 Å². The Labute approximate surface area is 133 Å². The quantitative estimate of drug-likeness (QED) is 0.843. The van der Waals surface area contributed by atoms with E-state index >= 15 is 0 Å². The van der Waals surface area contributed by atoms with E-state index in [1.54, 1.807) is 12.1 Å². The summed E-state index contributed by atoms with van der Waals surface area (Å²) >= 11 is 11.9. The first kappa shape index (κ1) is 15.9. The molecule has 0 aliphatic rings. The molecule has 0 saturated heterocycles. The second-order valence-electron chi connectivity index (χ2n) is 4.10. The SMILES string of the molecule is COc1cc(Cl)c(S(=O)(=O)c2cccc(Cl)c2)cc1OC. The number of sulfone groups is 1. The number of hydrogen-bond donors (Lipinski definition) is 0. The topological polar surface area (TPSA) is 52.6 Å². The van der Waals surface area contributed by atoms with Crippen LogP contribution >= 0.6 is 23.2 Å². The van der Waals surface area contributed by atoms with E-state index in [9.17, 15) is 8.42 Å². The molecule has 2 aromatic rings. The summed E-state index contributed by atoms with van der Waals surface area (Å²) in [5.41, 5.74) is 0. The van der Waals surface area contributed by atoms with Gasteiger partial charge in [0.05, 0.1) is 29.0 Å². The summed E-state index contributed by atoms with van der Waals surface area (Å²) in [4.78, 5) is -0.00629. The fraction of sp³-hybridized carbons (Fsp3) is 0.143. The van der Waals surface area contributed by atoms with Crippen LogP contribution in [0, 0.1) is 0 Å². The van der Waals surface area contributed by atoms with Gasteiger partial charge in [0.25, 0.3) is 0 Å². The molecule has 0 saturated carbocycles. The Morgan fingerprint density at radius 3 is 2.14 bits per heavy atom. The third kappa shape index (κ3) is 3.10. The first-order valence-electron chi connectivity index (χ1n) is 5.82. The van der Waals surface area contributed by atoms with E-state index < -0.39 is 9.84 Å². The molecular formula is C14H12Cl2O4S. The first-order valence-corrected chi connectivity index (χ1v) is 8.06. The van der Waals surface area contributed by atoms with E-state index in [2.05, 4.69) is 0 Å². The Morgan fingerprint density at radius 2 is 1.57 bits per heavy atom. The minimum Gasteiger partial charge on any atom is -0.493 e. The number of methoxy groups -OCH3 is 2. The summed E-state index contributed by atoms with van der Waals surface area (Å²) in [6.45, 7) is 0. The van der Waals surface area contributed by atoms with Crippen molar-refractivity contribution in [3.8, 4) is 11.5 Å². The number of rotatable bonds is 4. The largest absolute Gasteiger partial charge is 0.493 e. The molecule has 2 aromatic carbocycles. The van der Waals surface area contributed by atoms with Gasteiger partial charge in [-0.2, -0.15) is 0 Å². The summed E-state index contributed by atoms with van der Waals surface area (Å²) in [5, 5.41) is 0.375. The highest BCUT2D eigenvalue weighted by molar-refractivity contribution is 7.91. The molecule has 0 aliphatic carbocycles. The number of hydrogen-bond acceptors (Lipinski definition) is 4. The van der Waals surface area contributed by atoms with Crippen molar-refractivity contribution in [2.75, 3.05) is 14.2 Å². The molecule has 0 aliphatic heterocycles. The molecular weight excluding hydrogens is 335 g/mol. The maximum Gasteiger partial charge on any atom is 0.208 e. The number of benzene rings is 2. The second-order valence-corrected chi connectivity index (χ2v) is 6.86. The van der Waals surface area contributed by atoms with Gasteiger partial charge in [-0.3, -0.25) is 0 Å². The Kier molecular flexibility index (Phi) is 4.66. The van der Waals surface area contributed by atoms with Gasteiger partial charge in [-0.1, -0.05) is 29.3 Å². The molecule has 0 spiro atoms. The van der Waals surface area contributed by atoms with Gasteiger partial charge >= 0.3 is 0 Å². The van der Waals surface area contributed by atoms with Crippen molar-refractivity contribution in [3.05, 3.63) is 46.4 Å². The first-order chi connectivity index (χ1) is 9.90. The van der Waals surface area contributed by atoms with Gasteiger partial charge in [0, 0.05) is 17.2 Å². The molecule has 112 valence electrons. The molecule has 0 bridgehead atoms. The highest BCUT2D eigenvalue weighted by atomic mass is 35.5. The van der Waals surface area contributed by atoms with E-state index in [-0.39, 0.29) is 20.6 Å². The fourth-order valence-corrected chi connectivity index (χ4v) is 3.89. The Morgan fingerprint density at radius 1 is 0.952 bits per heavy atom. The van der Waals surface area contributed by atoms with Crippen LogP contribution in [0.15, 0.2) is 46.2 Å². The third-order valence-electron chi connectivity index (χ3n) is 2.83. The van der Waals surface area contributed by atoms with Crippen LogP contribution in [-0.4, -0.2) is 22.6 Å². The van der Waals surface area contributed by atoms with E-state index in [0.717, 1.165) is 0 Å². The lowest BCUT2D eigenvalue weighted by atomic mass is 10.3. The van der Waals surface area contributed by atoms with Crippen molar-refractivity contribution in [2.45, 2.75) is 9.79 Å².